The molecule has 0 saturated carbocycles. The molecular formula is C6H8BrN3. The Morgan fingerprint density at radius 2 is 2.10 bits per heavy atom. The zero-order chi connectivity index (χ0) is 7.56. The quantitative estimate of drug-likeness (QED) is 0.745. The summed E-state index contributed by atoms with van der Waals surface area (Å²) < 4.78 is 0.727. The van der Waals surface area contributed by atoms with Crippen LogP contribution in [0.1, 0.15) is 18.7 Å². The fraction of sp³-hybridized carbons (Fsp3) is 0.333. The average molecular weight is 202 g/mol. The Balaban J connectivity index is 3.03. The molecule has 0 aliphatic rings. The van der Waals surface area contributed by atoms with Crippen LogP contribution >= 0.6 is 15.9 Å². The van der Waals surface area contributed by atoms with E-state index in [4.69, 9.17) is 5.73 Å². The molecule has 4 heteroatoms. The van der Waals surface area contributed by atoms with Crippen molar-refractivity contribution in [2.45, 2.75) is 13.0 Å². The molecule has 0 saturated heterocycles. The van der Waals surface area contributed by atoms with Crippen LogP contribution in [0.4, 0.5) is 0 Å². The highest BCUT2D eigenvalue weighted by Crippen LogP contribution is 2.14. The molecule has 54 valence electrons. The third kappa shape index (κ3) is 1.52. The number of hydrogen-bond donors (Lipinski definition) is 1. The Bertz CT molecular complexity index is 224. The third-order valence-electron chi connectivity index (χ3n) is 1.11. The third-order valence-corrected chi connectivity index (χ3v) is 1.72. The molecule has 1 aromatic rings. The molecule has 0 bridgehead atoms. The Kier molecular flexibility index (Phi) is 2.34. The van der Waals surface area contributed by atoms with Crippen molar-refractivity contribution in [1.29, 1.82) is 0 Å². The van der Waals surface area contributed by atoms with E-state index < -0.39 is 0 Å². The molecule has 1 unspecified atom stereocenters. The summed E-state index contributed by atoms with van der Waals surface area (Å²) in [5.41, 5.74) is 6.38. The van der Waals surface area contributed by atoms with E-state index in [1.165, 1.54) is 0 Å². The van der Waals surface area contributed by atoms with Crippen molar-refractivity contribution in [2.24, 2.45) is 5.73 Å². The van der Waals surface area contributed by atoms with E-state index in [-0.39, 0.29) is 6.04 Å². The zero-order valence-electron chi connectivity index (χ0n) is 5.58. The highest BCUT2D eigenvalue weighted by Gasteiger charge is 2.04. The van der Waals surface area contributed by atoms with Crippen LogP contribution in [-0.2, 0) is 0 Å². The van der Waals surface area contributed by atoms with Gasteiger partial charge in [-0.3, -0.25) is 4.98 Å². The number of rotatable bonds is 1. The minimum absolute atomic E-state index is 0.0666. The van der Waals surface area contributed by atoms with Crippen LogP contribution < -0.4 is 5.73 Å². The first kappa shape index (κ1) is 7.63. The van der Waals surface area contributed by atoms with Crippen LogP contribution in [0.25, 0.3) is 0 Å². The Morgan fingerprint density at radius 3 is 2.50 bits per heavy atom. The summed E-state index contributed by atoms with van der Waals surface area (Å²) in [7, 11) is 0. The largest absolute Gasteiger partial charge is 0.323 e. The summed E-state index contributed by atoms with van der Waals surface area (Å²) in [6.07, 6.45) is 3.25. The van der Waals surface area contributed by atoms with Crippen LogP contribution in [0.3, 0.4) is 0 Å². The molecule has 3 nitrogen and oxygen atoms in total. The summed E-state index contributed by atoms with van der Waals surface area (Å²) in [6, 6.07) is -0.0666. The maximum absolute atomic E-state index is 5.58. The van der Waals surface area contributed by atoms with Gasteiger partial charge in [-0.15, -0.1) is 0 Å². The second kappa shape index (κ2) is 3.07. The second-order valence-electron chi connectivity index (χ2n) is 2.02. The molecule has 0 spiro atoms. The molecule has 10 heavy (non-hydrogen) atoms. The van der Waals surface area contributed by atoms with Crippen LogP contribution in [0, 0.1) is 0 Å². The van der Waals surface area contributed by atoms with Crippen molar-refractivity contribution in [3.63, 3.8) is 0 Å². The molecule has 0 radical (unpaired) electrons. The lowest BCUT2D eigenvalue weighted by atomic mass is 10.3. The molecule has 1 rings (SSSR count). The maximum atomic E-state index is 5.58. The fourth-order valence-corrected chi connectivity index (χ4v) is 1.22. The zero-order valence-corrected chi connectivity index (χ0v) is 7.17. The van der Waals surface area contributed by atoms with Crippen LogP contribution in [0.5, 0.6) is 0 Å². The first-order chi connectivity index (χ1) is 4.72. The SMILES string of the molecule is CC(N)c1nccnc1Br. The van der Waals surface area contributed by atoms with Crippen LogP contribution in [0.15, 0.2) is 17.0 Å². The van der Waals surface area contributed by atoms with E-state index in [2.05, 4.69) is 25.9 Å². The summed E-state index contributed by atoms with van der Waals surface area (Å²) in [4.78, 5) is 8.02. The van der Waals surface area contributed by atoms with E-state index in [9.17, 15) is 0 Å². The van der Waals surface area contributed by atoms with E-state index in [1.54, 1.807) is 12.4 Å². The van der Waals surface area contributed by atoms with Gasteiger partial charge < -0.3 is 5.73 Å². The Labute approximate surface area is 67.8 Å². The molecule has 2 N–H and O–H groups in total. The predicted octanol–water partition coefficient (Wildman–Crippen LogP) is 1.26. The number of hydrogen-bond acceptors (Lipinski definition) is 3. The van der Waals surface area contributed by atoms with Gasteiger partial charge in [-0.05, 0) is 22.9 Å². The van der Waals surface area contributed by atoms with E-state index in [0.717, 1.165) is 10.3 Å². The molecule has 1 heterocycles. The molecule has 1 atom stereocenters. The standard InChI is InChI=1S/C6H8BrN3/c1-4(8)5-6(7)10-3-2-9-5/h2-4H,8H2,1H3. The average Bonchev–Trinajstić information content (AvgIpc) is 1.88. The van der Waals surface area contributed by atoms with Gasteiger partial charge in [0.25, 0.3) is 0 Å². The number of halogens is 1. The number of nitrogens with two attached hydrogens (primary N) is 1. The summed E-state index contributed by atoms with van der Waals surface area (Å²) >= 11 is 3.24. The number of aromatic nitrogens is 2. The molecular weight excluding hydrogens is 194 g/mol. The maximum Gasteiger partial charge on any atom is 0.129 e. The van der Waals surface area contributed by atoms with E-state index in [0.29, 0.717) is 0 Å². The van der Waals surface area contributed by atoms with Gasteiger partial charge in [0.05, 0.1) is 5.69 Å². The normalized spacial score (nSPS) is 13.1. The summed E-state index contributed by atoms with van der Waals surface area (Å²) in [6.45, 7) is 1.87. The molecule has 0 fully saturated rings. The number of nitrogens with zero attached hydrogens (tertiary/aromatic N) is 2. The Morgan fingerprint density at radius 1 is 1.50 bits per heavy atom. The Hall–Kier alpha value is -0.480. The van der Waals surface area contributed by atoms with Gasteiger partial charge in [0.2, 0.25) is 0 Å². The lowest BCUT2D eigenvalue weighted by Crippen LogP contribution is -2.08. The first-order valence-corrected chi connectivity index (χ1v) is 3.73. The van der Waals surface area contributed by atoms with E-state index in [1.807, 2.05) is 6.92 Å². The topological polar surface area (TPSA) is 51.8 Å². The summed E-state index contributed by atoms with van der Waals surface area (Å²) in [5.74, 6) is 0. The molecule has 0 amide bonds. The summed E-state index contributed by atoms with van der Waals surface area (Å²) in [5, 5.41) is 0. The second-order valence-corrected chi connectivity index (χ2v) is 2.77. The molecule has 0 aliphatic heterocycles. The molecule has 0 aliphatic carbocycles. The lowest BCUT2D eigenvalue weighted by Gasteiger charge is -2.03. The van der Waals surface area contributed by atoms with Gasteiger partial charge in [0.15, 0.2) is 0 Å². The fourth-order valence-electron chi connectivity index (χ4n) is 0.637. The highest BCUT2D eigenvalue weighted by molar-refractivity contribution is 9.10. The van der Waals surface area contributed by atoms with Gasteiger partial charge in [0, 0.05) is 18.4 Å². The van der Waals surface area contributed by atoms with Crippen LogP contribution in [0.2, 0.25) is 0 Å². The van der Waals surface area contributed by atoms with Gasteiger partial charge in [0.1, 0.15) is 4.60 Å². The molecule has 0 aromatic carbocycles. The van der Waals surface area contributed by atoms with Gasteiger partial charge in [-0.2, -0.15) is 0 Å². The predicted molar refractivity (Wildman–Crippen MR) is 42.3 cm³/mol. The molecule has 1 aromatic heterocycles. The van der Waals surface area contributed by atoms with Crippen LogP contribution in [-0.4, -0.2) is 9.97 Å². The van der Waals surface area contributed by atoms with Gasteiger partial charge in [-0.1, -0.05) is 0 Å². The lowest BCUT2D eigenvalue weighted by molar-refractivity contribution is 0.764. The van der Waals surface area contributed by atoms with E-state index >= 15 is 0 Å². The highest BCUT2D eigenvalue weighted by atomic mass is 79.9. The van der Waals surface area contributed by atoms with Crippen molar-refractivity contribution in [1.82, 2.24) is 9.97 Å². The first-order valence-electron chi connectivity index (χ1n) is 2.94. The van der Waals surface area contributed by atoms with Gasteiger partial charge in [-0.25, -0.2) is 4.98 Å². The van der Waals surface area contributed by atoms with Crippen molar-refractivity contribution >= 4 is 15.9 Å². The van der Waals surface area contributed by atoms with Crippen molar-refractivity contribution in [3.8, 4) is 0 Å². The monoisotopic (exact) mass is 201 g/mol. The van der Waals surface area contributed by atoms with Gasteiger partial charge >= 0.3 is 0 Å². The van der Waals surface area contributed by atoms with Crippen molar-refractivity contribution in [2.75, 3.05) is 0 Å². The smallest absolute Gasteiger partial charge is 0.129 e. The van der Waals surface area contributed by atoms with Crippen molar-refractivity contribution in [3.05, 3.63) is 22.7 Å². The minimum Gasteiger partial charge on any atom is -0.323 e. The van der Waals surface area contributed by atoms with Crippen molar-refractivity contribution < 1.29 is 0 Å². The minimum atomic E-state index is -0.0666.